The number of fused-ring (bicyclic) bond motifs is 1. The lowest BCUT2D eigenvalue weighted by molar-refractivity contribution is 0.281. The number of ether oxygens (including phenoxy) is 2. The second kappa shape index (κ2) is 12.2. The number of halogens is 3. The molecule has 9 heteroatoms. The van der Waals surface area contributed by atoms with Crippen LogP contribution in [0.3, 0.4) is 0 Å². The SMILES string of the molecule is C=CCc1cc(C=Nn2c(C(C)(C)C)nc3ccc(Br)cc3c2=O)cc(OC)c1OCc1ccc(Br)cc1Br. The molecule has 39 heavy (non-hydrogen) atoms. The van der Waals surface area contributed by atoms with Crippen molar-refractivity contribution in [3.05, 3.63) is 107 Å². The van der Waals surface area contributed by atoms with Crippen LogP contribution in [0.2, 0.25) is 0 Å². The molecule has 0 atom stereocenters. The summed E-state index contributed by atoms with van der Waals surface area (Å²) in [5.74, 6) is 1.76. The predicted molar refractivity (Wildman–Crippen MR) is 168 cm³/mol. The lowest BCUT2D eigenvalue weighted by atomic mass is 9.95. The zero-order valence-electron chi connectivity index (χ0n) is 22.1. The van der Waals surface area contributed by atoms with Gasteiger partial charge in [-0.3, -0.25) is 4.79 Å². The molecule has 0 spiro atoms. The van der Waals surface area contributed by atoms with Crippen molar-refractivity contribution in [2.45, 2.75) is 39.2 Å². The fourth-order valence-corrected chi connectivity index (χ4v) is 5.56. The molecule has 4 aromatic rings. The first-order valence-electron chi connectivity index (χ1n) is 12.2. The van der Waals surface area contributed by atoms with Crippen LogP contribution in [0.1, 0.15) is 43.3 Å². The summed E-state index contributed by atoms with van der Waals surface area (Å²) in [5, 5.41) is 5.10. The van der Waals surface area contributed by atoms with Crippen molar-refractivity contribution in [2.24, 2.45) is 5.10 Å². The molecule has 0 aliphatic carbocycles. The van der Waals surface area contributed by atoms with Crippen molar-refractivity contribution in [2.75, 3.05) is 7.11 Å². The van der Waals surface area contributed by atoms with Crippen LogP contribution in [-0.2, 0) is 18.4 Å². The molecule has 0 N–H and O–H groups in total. The summed E-state index contributed by atoms with van der Waals surface area (Å²) >= 11 is 10.5. The van der Waals surface area contributed by atoms with E-state index in [1.165, 1.54) is 4.68 Å². The Hall–Kier alpha value is -2.75. The molecular formula is C30H28Br3N3O3. The Balaban J connectivity index is 1.76. The maximum atomic E-state index is 13.5. The molecule has 0 aliphatic heterocycles. The standard InChI is InChI=1S/C30H28Br3N3O3/c1-6-7-19-12-18(13-26(38-5)27(19)39-17-20-8-9-22(32)15-24(20)33)16-34-36-28(37)23-14-21(31)10-11-25(23)35-29(36)30(2,3)4/h6,8-16H,1,7,17H2,2-5H3. The van der Waals surface area contributed by atoms with Gasteiger partial charge in [-0.1, -0.05) is 80.7 Å². The van der Waals surface area contributed by atoms with Gasteiger partial charge in [0.25, 0.3) is 5.56 Å². The van der Waals surface area contributed by atoms with Crippen LogP contribution >= 0.6 is 47.8 Å². The lowest BCUT2D eigenvalue weighted by Gasteiger charge is -2.21. The average Bonchev–Trinajstić information content (AvgIpc) is 2.88. The molecule has 1 aromatic heterocycles. The number of rotatable bonds is 8. The summed E-state index contributed by atoms with van der Waals surface area (Å²) < 4.78 is 16.1. The summed E-state index contributed by atoms with van der Waals surface area (Å²) in [6.45, 7) is 10.3. The van der Waals surface area contributed by atoms with E-state index in [1.54, 1.807) is 19.4 Å². The van der Waals surface area contributed by atoms with E-state index in [0.717, 1.165) is 30.1 Å². The van der Waals surface area contributed by atoms with E-state index in [4.69, 9.17) is 14.5 Å². The van der Waals surface area contributed by atoms with E-state index in [9.17, 15) is 4.79 Å². The number of methoxy groups -OCH3 is 1. The molecule has 6 nitrogen and oxygen atoms in total. The highest BCUT2D eigenvalue weighted by Gasteiger charge is 2.23. The third-order valence-electron chi connectivity index (χ3n) is 5.93. The van der Waals surface area contributed by atoms with Crippen LogP contribution in [0.4, 0.5) is 0 Å². The van der Waals surface area contributed by atoms with E-state index in [-0.39, 0.29) is 5.56 Å². The smallest absolute Gasteiger partial charge is 0.282 e. The zero-order chi connectivity index (χ0) is 28.3. The summed E-state index contributed by atoms with van der Waals surface area (Å²) in [5.41, 5.74) is 2.63. The minimum atomic E-state index is -0.414. The first-order valence-corrected chi connectivity index (χ1v) is 14.6. The van der Waals surface area contributed by atoms with Gasteiger partial charge < -0.3 is 9.47 Å². The van der Waals surface area contributed by atoms with Crippen LogP contribution in [-0.4, -0.2) is 23.0 Å². The monoisotopic (exact) mass is 715 g/mol. The summed E-state index contributed by atoms with van der Waals surface area (Å²) in [6.07, 6.45) is 4.02. The molecule has 4 rings (SSSR count). The van der Waals surface area contributed by atoms with Crippen LogP contribution in [0.15, 0.2) is 84.5 Å². The summed E-state index contributed by atoms with van der Waals surface area (Å²) in [7, 11) is 1.60. The topological polar surface area (TPSA) is 65.7 Å². The maximum absolute atomic E-state index is 13.5. The van der Waals surface area contributed by atoms with Gasteiger partial charge in [0.2, 0.25) is 0 Å². The first kappa shape index (κ1) is 29.2. The molecule has 0 aliphatic rings. The number of hydrogen-bond acceptors (Lipinski definition) is 5. The number of benzene rings is 3. The fraction of sp³-hybridized carbons (Fsp3) is 0.233. The van der Waals surface area contributed by atoms with Gasteiger partial charge in [-0.2, -0.15) is 9.78 Å². The van der Waals surface area contributed by atoms with Crippen LogP contribution in [0, 0.1) is 0 Å². The molecule has 1 heterocycles. The van der Waals surface area contributed by atoms with E-state index >= 15 is 0 Å². The predicted octanol–water partition coefficient (Wildman–Crippen LogP) is 8.18. The second-order valence-electron chi connectivity index (χ2n) is 9.94. The molecule has 0 saturated heterocycles. The van der Waals surface area contributed by atoms with Gasteiger partial charge >= 0.3 is 0 Å². The molecule has 0 fully saturated rings. The van der Waals surface area contributed by atoms with Gasteiger partial charge in [-0.25, -0.2) is 4.98 Å². The number of allylic oxidation sites excluding steroid dienone is 1. The number of nitrogens with zero attached hydrogens (tertiary/aromatic N) is 3. The minimum Gasteiger partial charge on any atom is -0.493 e. The molecule has 0 amide bonds. The molecule has 0 radical (unpaired) electrons. The van der Waals surface area contributed by atoms with Crippen molar-refractivity contribution in [3.8, 4) is 11.5 Å². The van der Waals surface area contributed by atoms with Crippen LogP contribution < -0.4 is 15.0 Å². The van der Waals surface area contributed by atoms with Gasteiger partial charge in [0, 0.05) is 30.0 Å². The molecule has 202 valence electrons. The van der Waals surface area contributed by atoms with Gasteiger partial charge in [0.1, 0.15) is 12.4 Å². The molecule has 0 bridgehead atoms. The Morgan fingerprint density at radius 3 is 2.41 bits per heavy atom. The number of hydrogen-bond donors (Lipinski definition) is 0. The fourth-order valence-electron chi connectivity index (χ4n) is 4.04. The van der Waals surface area contributed by atoms with Crippen LogP contribution in [0.5, 0.6) is 11.5 Å². The average molecular weight is 718 g/mol. The van der Waals surface area contributed by atoms with E-state index in [0.29, 0.717) is 41.3 Å². The molecule has 0 unspecified atom stereocenters. The molecule has 0 saturated carbocycles. The van der Waals surface area contributed by atoms with Gasteiger partial charge in [0.05, 0.1) is 24.2 Å². The Labute approximate surface area is 253 Å². The summed E-state index contributed by atoms with van der Waals surface area (Å²) in [6, 6.07) is 15.2. The van der Waals surface area contributed by atoms with E-state index in [1.807, 2.05) is 69.3 Å². The Morgan fingerprint density at radius 2 is 1.74 bits per heavy atom. The largest absolute Gasteiger partial charge is 0.493 e. The number of aromatic nitrogens is 2. The second-order valence-corrected chi connectivity index (χ2v) is 12.6. The molecule has 3 aromatic carbocycles. The minimum absolute atomic E-state index is 0.235. The molecular weight excluding hydrogens is 690 g/mol. The van der Waals surface area contributed by atoms with Gasteiger partial charge in [-0.05, 0) is 54.4 Å². The van der Waals surface area contributed by atoms with Crippen LogP contribution in [0.25, 0.3) is 10.9 Å². The lowest BCUT2D eigenvalue weighted by Crippen LogP contribution is -2.29. The van der Waals surface area contributed by atoms with Gasteiger partial charge in [0.15, 0.2) is 11.5 Å². The van der Waals surface area contributed by atoms with E-state index < -0.39 is 5.41 Å². The van der Waals surface area contributed by atoms with E-state index in [2.05, 4.69) is 59.5 Å². The normalized spacial score (nSPS) is 11.8. The van der Waals surface area contributed by atoms with Crippen molar-refractivity contribution in [1.82, 2.24) is 9.66 Å². The maximum Gasteiger partial charge on any atom is 0.282 e. The van der Waals surface area contributed by atoms with Crippen molar-refractivity contribution >= 4 is 64.9 Å². The van der Waals surface area contributed by atoms with Crippen molar-refractivity contribution in [1.29, 1.82) is 0 Å². The van der Waals surface area contributed by atoms with Crippen molar-refractivity contribution < 1.29 is 9.47 Å². The third-order valence-corrected chi connectivity index (χ3v) is 7.65. The summed E-state index contributed by atoms with van der Waals surface area (Å²) in [4.78, 5) is 18.3. The highest BCUT2D eigenvalue weighted by Crippen LogP contribution is 2.35. The van der Waals surface area contributed by atoms with Gasteiger partial charge in [-0.15, -0.1) is 6.58 Å². The Bertz CT molecular complexity index is 1640. The quantitative estimate of drug-likeness (QED) is 0.136. The highest BCUT2D eigenvalue weighted by molar-refractivity contribution is 9.11. The third kappa shape index (κ3) is 6.70. The Kier molecular flexibility index (Phi) is 9.14. The Morgan fingerprint density at radius 1 is 1.03 bits per heavy atom. The first-order chi connectivity index (χ1) is 18.5. The zero-order valence-corrected chi connectivity index (χ0v) is 26.9. The highest BCUT2D eigenvalue weighted by atomic mass is 79.9. The van der Waals surface area contributed by atoms with Crippen molar-refractivity contribution in [3.63, 3.8) is 0 Å².